The first-order valence-corrected chi connectivity index (χ1v) is 7.66. The van der Waals surface area contributed by atoms with Gasteiger partial charge in [-0.15, -0.1) is 0 Å². The second-order valence-corrected chi connectivity index (χ2v) is 6.16. The van der Waals surface area contributed by atoms with Gasteiger partial charge in [-0.1, -0.05) is 13.8 Å². The molecule has 1 aliphatic rings. The zero-order chi connectivity index (χ0) is 15.4. The number of nitrogens with zero attached hydrogens (tertiary/aromatic N) is 2. The Morgan fingerprint density at radius 3 is 2.76 bits per heavy atom. The number of hydrogen-bond acceptors (Lipinski definition) is 4. The molecule has 0 radical (unpaired) electrons. The molecule has 0 amide bonds. The molecule has 5 nitrogen and oxygen atoms in total. The molecule has 116 valence electrons. The maximum Gasteiger partial charge on any atom is 0.292 e. The summed E-state index contributed by atoms with van der Waals surface area (Å²) in [5.74, 6) is 1.35. The van der Waals surface area contributed by atoms with E-state index in [4.69, 9.17) is 0 Å². The maximum atomic E-state index is 11.2. The van der Waals surface area contributed by atoms with Crippen molar-refractivity contribution in [2.75, 3.05) is 18.0 Å². The summed E-state index contributed by atoms with van der Waals surface area (Å²) in [5, 5.41) is 20.5. The summed E-state index contributed by atoms with van der Waals surface area (Å²) in [6.45, 7) is 6.09. The molecule has 0 spiro atoms. The first kappa shape index (κ1) is 15.8. The van der Waals surface area contributed by atoms with Gasteiger partial charge < -0.3 is 10.0 Å². The van der Waals surface area contributed by atoms with E-state index in [1.807, 2.05) is 0 Å². The van der Waals surface area contributed by atoms with Gasteiger partial charge in [0.25, 0.3) is 5.69 Å². The second-order valence-electron chi connectivity index (χ2n) is 6.16. The van der Waals surface area contributed by atoms with Crippen LogP contribution in [0, 0.1) is 22.0 Å². The maximum absolute atomic E-state index is 11.2. The van der Waals surface area contributed by atoms with Crippen molar-refractivity contribution in [3.8, 4) is 0 Å². The summed E-state index contributed by atoms with van der Waals surface area (Å²) in [7, 11) is 0. The number of anilines is 1. The van der Waals surface area contributed by atoms with E-state index in [2.05, 4.69) is 18.7 Å². The lowest BCUT2D eigenvalue weighted by Crippen LogP contribution is -2.25. The van der Waals surface area contributed by atoms with E-state index in [0.29, 0.717) is 17.5 Å². The fourth-order valence-corrected chi connectivity index (χ4v) is 3.10. The SMILES string of the molecule is CC(C)C1CCCN(c2cc(CO)ccc2[N+](=O)[O-])CC1. The molecule has 1 aromatic rings. The zero-order valence-electron chi connectivity index (χ0n) is 12.8. The van der Waals surface area contributed by atoms with Crippen molar-refractivity contribution in [3.05, 3.63) is 33.9 Å². The number of rotatable bonds is 4. The Bertz CT molecular complexity index is 502. The summed E-state index contributed by atoms with van der Waals surface area (Å²) in [4.78, 5) is 13.0. The Kier molecular flexibility index (Phi) is 5.17. The first-order chi connectivity index (χ1) is 10.0. The largest absolute Gasteiger partial charge is 0.392 e. The molecule has 21 heavy (non-hydrogen) atoms. The fraction of sp³-hybridized carbons (Fsp3) is 0.625. The molecular formula is C16H24N2O3. The minimum atomic E-state index is -0.332. The molecule has 0 aromatic heterocycles. The van der Waals surface area contributed by atoms with Gasteiger partial charge in [0, 0.05) is 19.2 Å². The Balaban J connectivity index is 2.25. The molecule has 2 rings (SSSR count). The average molecular weight is 292 g/mol. The van der Waals surface area contributed by atoms with Gasteiger partial charge in [0.2, 0.25) is 0 Å². The van der Waals surface area contributed by atoms with E-state index < -0.39 is 0 Å². The zero-order valence-corrected chi connectivity index (χ0v) is 12.8. The number of hydrogen-bond donors (Lipinski definition) is 1. The molecule has 5 heteroatoms. The molecule has 0 aliphatic carbocycles. The lowest BCUT2D eigenvalue weighted by Gasteiger charge is -2.23. The summed E-state index contributed by atoms with van der Waals surface area (Å²) < 4.78 is 0. The van der Waals surface area contributed by atoms with Crippen LogP contribution in [0.2, 0.25) is 0 Å². The highest BCUT2D eigenvalue weighted by molar-refractivity contribution is 5.64. The van der Waals surface area contributed by atoms with Gasteiger partial charge in [-0.3, -0.25) is 10.1 Å². The van der Waals surface area contributed by atoms with E-state index in [-0.39, 0.29) is 17.2 Å². The van der Waals surface area contributed by atoms with Crippen molar-refractivity contribution in [2.45, 2.75) is 39.7 Å². The molecular weight excluding hydrogens is 268 g/mol. The summed E-state index contributed by atoms with van der Waals surface area (Å²) >= 11 is 0. The van der Waals surface area contributed by atoms with Crippen LogP contribution in [0.15, 0.2) is 18.2 Å². The van der Waals surface area contributed by atoms with Crippen LogP contribution >= 0.6 is 0 Å². The van der Waals surface area contributed by atoms with Gasteiger partial charge >= 0.3 is 0 Å². The van der Waals surface area contributed by atoms with Crippen LogP contribution in [-0.2, 0) is 6.61 Å². The molecule has 1 aliphatic heterocycles. The molecule has 1 fully saturated rings. The normalized spacial score (nSPS) is 19.6. The van der Waals surface area contributed by atoms with Crippen molar-refractivity contribution in [3.63, 3.8) is 0 Å². The van der Waals surface area contributed by atoms with Crippen LogP contribution in [0.3, 0.4) is 0 Å². The van der Waals surface area contributed by atoms with Crippen molar-refractivity contribution in [1.29, 1.82) is 0 Å². The van der Waals surface area contributed by atoms with E-state index in [1.165, 1.54) is 12.5 Å². The minimum absolute atomic E-state index is 0.0898. The standard InChI is InChI=1S/C16H24N2O3/c1-12(2)14-4-3-8-17(9-7-14)16-10-13(11-19)5-6-15(16)18(20)21/h5-6,10,12,14,19H,3-4,7-9,11H2,1-2H3. The van der Waals surface area contributed by atoms with E-state index in [9.17, 15) is 15.2 Å². The van der Waals surface area contributed by atoms with Crippen LogP contribution in [0.4, 0.5) is 11.4 Å². The number of nitro groups is 1. The van der Waals surface area contributed by atoms with Gasteiger partial charge in [0.1, 0.15) is 5.69 Å². The second kappa shape index (κ2) is 6.89. The topological polar surface area (TPSA) is 66.6 Å². The molecule has 1 saturated heterocycles. The summed E-state index contributed by atoms with van der Waals surface area (Å²) in [6.07, 6.45) is 3.31. The lowest BCUT2D eigenvalue weighted by atomic mass is 9.89. The number of aliphatic hydroxyl groups is 1. The van der Waals surface area contributed by atoms with Crippen molar-refractivity contribution in [1.82, 2.24) is 0 Å². The third-order valence-corrected chi connectivity index (χ3v) is 4.48. The van der Waals surface area contributed by atoms with Crippen LogP contribution in [0.1, 0.15) is 38.7 Å². The lowest BCUT2D eigenvalue weighted by molar-refractivity contribution is -0.384. The summed E-state index contributed by atoms with van der Waals surface area (Å²) in [5.41, 5.74) is 1.51. The molecule has 1 atom stereocenters. The van der Waals surface area contributed by atoms with E-state index >= 15 is 0 Å². The Labute approximate surface area is 125 Å². The van der Waals surface area contributed by atoms with Crippen LogP contribution in [0.25, 0.3) is 0 Å². The Morgan fingerprint density at radius 1 is 1.38 bits per heavy atom. The molecule has 1 heterocycles. The molecule has 1 unspecified atom stereocenters. The van der Waals surface area contributed by atoms with Crippen molar-refractivity contribution >= 4 is 11.4 Å². The number of benzene rings is 1. The van der Waals surface area contributed by atoms with Gasteiger partial charge in [0.15, 0.2) is 0 Å². The van der Waals surface area contributed by atoms with E-state index in [1.54, 1.807) is 12.1 Å². The van der Waals surface area contributed by atoms with Gasteiger partial charge in [-0.25, -0.2) is 0 Å². The van der Waals surface area contributed by atoms with Crippen LogP contribution in [0.5, 0.6) is 0 Å². The Hall–Kier alpha value is -1.62. The highest BCUT2D eigenvalue weighted by atomic mass is 16.6. The predicted molar refractivity (Wildman–Crippen MR) is 83.4 cm³/mol. The third kappa shape index (κ3) is 3.73. The monoisotopic (exact) mass is 292 g/mol. The molecule has 0 saturated carbocycles. The van der Waals surface area contributed by atoms with E-state index in [0.717, 1.165) is 31.5 Å². The Morgan fingerprint density at radius 2 is 2.14 bits per heavy atom. The van der Waals surface area contributed by atoms with Crippen molar-refractivity contribution in [2.24, 2.45) is 11.8 Å². The van der Waals surface area contributed by atoms with Gasteiger partial charge in [-0.2, -0.15) is 0 Å². The first-order valence-electron chi connectivity index (χ1n) is 7.66. The molecule has 1 N–H and O–H groups in total. The highest BCUT2D eigenvalue weighted by Crippen LogP contribution is 2.33. The highest BCUT2D eigenvalue weighted by Gasteiger charge is 2.24. The smallest absolute Gasteiger partial charge is 0.292 e. The number of nitro benzene ring substituents is 1. The van der Waals surface area contributed by atoms with Crippen LogP contribution < -0.4 is 4.90 Å². The van der Waals surface area contributed by atoms with Gasteiger partial charge in [0.05, 0.1) is 11.5 Å². The fourth-order valence-electron chi connectivity index (χ4n) is 3.10. The predicted octanol–water partition coefficient (Wildman–Crippen LogP) is 3.35. The minimum Gasteiger partial charge on any atom is -0.392 e. The molecule has 0 bridgehead atoms. The summed E-state index contributed by atoms with van der Waals surface area (Å²) in [6, 6.07) is 4.88. The quantitative estimate of drug-likeness (QED) is 0.682. The third-order valence-electron chi connectivity index (χ3n) is 4.48. The van der Waals surface area contributed by atoms with Crippen molar-refractivity contribution < 1.29 is 10.0 Å². The number of aliphatic hydroxyl groups excluding tert-OH is 1. The van der Waals surface area contributed by atoms with Gasteiger partial charge in [-0.05, 0) is 48.8 Å². The molecule has 1 aromatic carbocycles. The van der Waals surface area contributed by atoms with Crippen LogP contribution in [-0.4, -0.2) is 23.1 Å². The average Bonchev–Trinajstić information content (AvgIpc) is 2.72.